The number of nitrogen functional groups attached to an aromatic ring is 1. The van der Waals surface area contributed by atoms with Crippen molar-refractivity contribution in [2.75, 3.05) is 18.8 Å². The Labute approximate surface area is 179 Å². The number of nitrogens with zero attached hydrogens (tertiary/aromatic N) is 1. The average Bonchev–Trinajstić information content (AvgIpc) is 2.79. The molecule has 4 rings (SSSR count). The van der Waals surface area contributed by atoms with Crippen molar-refractivity contribution < 1.29 is 4.79 Å². The number of hydrogen-bond donors (Lipinski definition) is 3. The molecule has 0 aromatic heterocycles. The SMILES string of the molecule is NC(=O)c1cccc(C=Nc2ccc(C3(C4CCCCC4)CCCNC3)cc2)c1N. The molecule has 1 atom stereocenters. The molecule has 1 saturated heterocycles. The maximum absolute atomic E-state index is 11.5. The number of nitrogens with one attached hydrogen (secondary N) is 1. The molecule has 2 aliphatic rings. The molecule has 158 valence electrons. The number of para-hydroxylation sites is 1. The van der Waals surface area contributed by atoms with Crippen LogP contribution in [-0.4, -0.2) is 25.2 Å². The van der Waals surface area contributed by atoms with Crippen LogP contribution in [0, 0.1) is 5.92 Å². The molecule has 2 aromatic rings. The summed E-state index contributed by atoms with van der Waals surface area (Å²) in [5, 5.41) is 3.67. The summed E-state index contributed by atoms with van der Waals surface area (Å²) in [6.07, 6.45) is 11.0. The maximum Gasteiger partial charge on any atom is 0.250 e. The molecule has 5 heteroatoms. The van der Waals surface area contributed by atoms with Crippen LogP contribution in [0.2, 0.25) is 0 Å². The van der Waals surface area contributed by atoms with Gasteiger partial charge < -0.3 is 16.8 Å². The smallest absolute Gasteiger partial charge is 0.250 e. The molecule has 1 unspecified atom stereocenters. The van der Waals surface area contributed by atoms with Gasteiger partial charge in [0.2, 0.25) is 0 Å². The molecule has 1 saturated carbocycles. The summed E-state index contributed by atoms with van der Waals surface area (Å²) in [7, 11) is 0. The second-order valence-electron chi connectivity index (χ2n) is 8.75. The number of anilines is 1. The van der Waals surface area contributed by atoms with Gasteiger partial charge in [0.05, 0.1) is 16.9 Å². The molecular weight excluding hydrogens is 372 g/mol. The second kappa shape index (κ2) is 9.00. The van der Waals surface area contributed by atoms with E-state index >= 15 is 0 Å². The third kappa shape index (κ3) is 4.12. The van der Waals surface area contributed by atoms with Crippen molar-refractivity contribution in [1.82, 2.24) is 5.32 Å². The Kier molecular flexibility index (Phi) is 6.18. The topological polar surface area (TPSA) is 93.5 Å². The van der Waals surface area contributed by atoms with Gasteiger partial charge in [-0.1, -0.05) is 43.5 Å². The Balaban J connectivity index is 1.57. The van der Waals surface area contributed by atoms with E-state index in [1.165, 1.54) is 50.5 Å². The molecule has 1 aliphatic heterocycles. The summed E-state index contributed by atoms with van der Waals surface area (Å²) >= 11 is 0. The van der Waals surface area contributed by atoms with Gasteiger partial charge in [0.15, 0.2) is 0 Å². The Morgan fingerprint density at radius 3 is 2.50 bits per heavy atom. The van der Waals surface area contributed by atoms with Gasteiger partial charge in [-0.25, -0.2) is 0 Å². The Morgan fingerprint density at radius 1 is 1.07 bits per heavy atom. The van der Waals surface area contributed by atoms with Crippen LogP contribution in [0.25, 0.3) is 0 Å². The highest BCUT2D eigenvalue weighted by atomic mass is 16.1. The molecular formula is C25H32N4O. The van der Waals surface area contributed by atoms with Crippen molar-refractivity contribution >= 4 is 23.5 Å². The number of nitrogens with two attached hydrogens (primary N) is 2. The third-order valence-corrected chi connectivity index (χ3v) is 7.00. The van der Waals surface area contributed by atoms with Gasteiger partial charge in [-0.15, -0.1) is 0 Å². The van der Waals surface area contributed by atoms with Crippen LogP contribution in [0.15, 0.2) is 47.5 Å². The van der Waals surface area contributed by atoms with E-state index in [1.807, 2.05) is 6.07 Å². The first-order valence-corrected chi connectivity index (χ1v) is 11.1. The van der Waals surface area contributed by atoms with Crippen LogP contribution in [0.1, 0.15) is 66.4 Å². The summed E-state index contributed by atoms with van der Waals surface area (Å²) in [6, 6.07) is 14.0. The number of rotatable bonds is 5. The zero-order chi connectivity index (χ0) is 21.0. The highest BCUT2D eigenvalue weighted by Crippen LogP contribution is 2.45. The summed E-state index contributed by atoms with van der Waals surface area (Å²) in [5.74, 6) is 0.242. The fourth-order valence-corrected chi connectivity index (χ4v) is 5.35. The lowest BCUT2D eigenvalue weighted by atomic mass is 9.62. The highest BCUT2D eigenvalue weighted by Gasteiger charge is 2.41. The van der Waals surface area contributed by atoms with Crippen molar-refractivity contribution in [2.24, 2.45) is 16.6 Å². The van der Waals surface area contributed by atoms with E-state index in [1.54, 1.807) is 18.3 Å². The molecule has 5 nitrogen and oxygen atoms in total. The first-order valence-electron chi connectivity index (χ1n) is 11.1. The molecule has 0 radical (unpaired) electrons. The van der Waals surface area contributed by atoms with Crippen molar-refractivity contribution in [3.8, 4) is 0 Å². The van der Waals surface area contributed by atoms with E-state index in [0.717, 1.165) is 24.7 Å². The minimum absolute atomic E-state index is 0.251. The Hall–Kier alpha value is -2.66. The molecule has 0 spiro atoms. The van der Waals surface area contributed by atoms with E-state index < -0.39 is 5.91 Å². The Morgan fingerprint density at radius 2 is 1.83 bits per heavy atom. The fourth-order valence-electron chi connectivity index (χ4n) is 5.35. The minimum Gasteiger partial charge on any atom is -0.398 e. The van der Waals surface area contributed by atoms with Crippen molar-refractivity contribution in [3.05, 3.63) is 59.2 Å². The minimum atomic E-state index is -0.527. The van der Waals surface area contributed by atoms with E-state index in [-0.39, 0.29) is 5.41 Å². The van der Waals surface area contributed by atoms with E-state index in [9.17, 15) is 4.79 Å². The van der Waals surface area contributed by atoms with Crippen LogP contribution in [0.3, 0.4) is 0 Å². The molecule has 1 amide bonds. The average molecular weight is 405 g/mol. The number of amides is 1. The van der Waals surface area contributed by atoms with E-state index in [0.29, 0.717) is 16.8 Å². The molecule has 1 aliphatic carbocycles. The highest BCUT2D eigenvalue weighted by molar-refractivity contribution is 6.02. The van der Waals surface area contributed by atoms with Crippen LogP contribution in [0.5, 0.6) is 0 Å². The fraction of sp³-hybridized carbons (Fsp3) is 0.440. The lowest BCUT2D eigenvalue weighted by Crippen LogP contribution is -2.49. The number of benzene rings is 2. The summed E-state index contributed by atoms with van der Waals surface area (Å²) in [4.78, 5) is 16.1. The van der Waals surface area contributed by atoms with E-state index in [4.69, 9.17) is 11.5 Å². The summed E-state index contributed by atoms with van der Waals surface area (Å²) in [5.41, 5.74) is 15.4. The number of primary amides is 1. The lowest BCUT2D eigenvalue weighted by molar-refractivity contribution is 0.100. The third-order valence-electron chi connectivity index (χ3n) is 7.00. The number of hydrogen-bond acceptors (Lipinski definition) is 4. The molecule has 2 aromatic carbocycles. The van der Waals surface area contributed by atoms with Gasteiger partial charge in [-0.3, -0.25) is 9.79 Å². The predicted octanol–water partition coefficient (Wildman–Crippen LogP) is 4.32. The normalized spacial score (nSPS) is 22.9. The van der Waals surface area contributed by atoms with Gasteiger partial charge in [-0.2, -0.15) is 0 Å². The Bertz CT molecular complexity index is 907. The van der Waals surface area contributed by atoms with Gasteiger partial charge >= 0.3 is 0 Å². The first kappa shape index (κ1) is 20.6. The van der Waals surface area contributed by atoms with Gasteiger partial charge in [0, 0.05) is 23.7 Å². The number of piperidine rings is 1. The molecule has 1 heterocycles. The first-order chi connectivity index (χ1) is 14.6. The molecule has 5 N–H and O–H groups in total. The number of carbonyl (C=O) groups is 1. The van der Waals surface area contributed by atoms with Crippen molar-refractivity contribution in [3.63, 3.8) is 0 Å². The largest absolute Gasteiger partial charge is 0.398 e. The number of carbonyl (C=O) groups excluding carboxylic acids is 1. The molecule has 2 fully saturated rings. The summed E-state index contributed by atoms with van der Waals surface area (Å²) in [6.45, 7) is 2.21. The van der Waals surface area contributed by atoms with Gasteiger partial charge in [0.25, 0.3) is 5.91 Å². The summed E-state index contributed by atoms with van der Waals surface area (Å²) < 4.78 is 0. The van der Waals surface area contributed by atoms with Crippen LogP contribution in [-0.2, 0) is 5.41 Å². The van der Waals surface area contributed by atoms with E-state index in [2.05, 4.69) is 34.6 Å². The van der Waals surface area contributed by atoms with Crippen LogP contribution >= 0.6 is 0 Å². The zero-order valence-electron chi connectivity index (χ0n) is 17.6. The van der Waals surface area contributed by atoms with Crippen LogP contribution in [0.4, 0.5) is 11.4 Å². The maximum atomic E-state index is 11.5. The number of aliphatic imine (C=N–C) groups is 1. The van der Waals surface area contributed by atoms with Gasteiger partial charge in [0.1, 0.15) is 0 Å². The standard InChI is InChI=1S/C25H32N4O/c26-23-18(6-4-9-22(23)24(27)30)16-29-21-12-10-20(11-13-21)25(14-5-15-28-17-25)19-7-2-1-3-8-19/h4,6,9-13,16,19,28H,1-3,5,7-8,14-15,17,26H2,(H2,27,30). The second-order valence-corrected chi connectivity index (χ2v) is 8.75. The van der Waals surface area contributed by atoms with Crippen molar-refractivity contribution in [1.29, 1.82) is 0 Å². The molecule has 30 heavy (non-hydrogen) atoms. The zero-order valence-corrected chi connectivity index (χ0v) is 17.6. The van der Waals surface area contributed by atoms with Crippen molar-refractivity contribution in [2.45, 2.75) is 50.4 Å². The van der Waals surface area contributed by atoms with Crippen LogP contribution < -0.4 is 16.8 Å². The lowest BCUT2D eigenvalue weighted by Gasteiger charge is -2.46. The van der Waals surface area contributed by atoms with Gasteiger partial charge in [-0.05, 0) is 61.9 Å². The monoisotopic (exact) mass is 404 g/mol. The molecule has 0 bridgehead atoms. The quantitative estimate of drug-likeness (QED) is 0.512. The predicted molar refractivity (Wildman–Crippen MR) is 123 cm³/mol.